The van der Waals surface area contributed by atoms with Crippen LogP contribution < -0.4 is 5.32 Å². The van der Waals surface area contributed by atoms with Crippen molar-refractivity contribution < 1.29 is 4.79 Å². The lowest BCUT2D eigenvalue weighted by Crippen LogP contribution is -2.14. The number of amides is 1. The molecule has 1 aromatic heterocycles. The van der Waals surface area contributed by atoms with Gasteiger partial charge in [0, 0.05) is 23.1 Å². The Bertz CT molecular complexity index is 937. The Morgan fingerprint density at radius 3 is 2.52 bits per heavy atom. The minimum Gasteiger partial charge on any atom is -0.346 e. The molecule has 1 amide bonds. The van der Waals surface area contributed by atoms with Crippen molar-refractivity contribution in [2.24, 2.45) is 0 Å². The van der Waals surface area contributed by atoms with Gasteiger partial charge in [0.15, 0.2) is 0 Å². The number of carbonyl (C=O) groups excluding carboxylic acids is 1. The molecule has 1 aliphatic rings. The van der Waals surface area contributed by atoms with E-state index in [-0.39, 0.29) is 11.5 Å². The summed E-state index contributed by atoms with van der Waals surface area (Å²) >= 11 is 0. The fraction of sp³-hybridized carbons (Fsp3) is 0.391. The van der Waals surface area contributed by atoms with Gasteiger partial charge in [0.1, 0.15) is 11.6 Å². The summed E-state index contributed by atoms with van der Waals surface area (Å²) in [5.41, 5.74) is 6.27. The van der Waals surface area contributed by atoms with Crippen LogP contribution >= 0.6 is 0 Å². The highest BCUT2D eigenvalue weighted by Gasteiger charge is 2.21. The topological polar surface area (TPSA) is 57.8 Å². The zero-order chi connectivity index (χ0) is 19.6. The number of hydrogen-bond acceptors (Lipinski definition) is 2. The van der Waals surface area contributed by atoms with Gasteiger partial charge in [-0.15, -0.1) is 0 Å². The van der Waals surface area contributed by atoms with Gasteiger partial charge in [-0.05, 0) is 69.9 Å². The maximum absolute atomic E-state index is 12.6. The van der Waals surface area contributed by atoms with Gasteiger partial charge in [-0.25, -0.2) is 0 Å². The molecule has 1 fully saturated rings. The normalized spacial score (nSPS) is 15.0. The molecule has 1 saturated carbocycles. The van der Waals surface area contributed by atoms with Crippen molar-refractivity contribution >= 4 is 17.7 Å². The number of aryl methyl sites for hydroxylation is 3. The maximum atomic E-state index is 12.6. The van der Waals surface area contributed by atoms with E-state index in [1.165, 1.54) is 31.4 Å². The third-order valence-corrected chi connectivity index (χ3v) is 5.51. The van der Waals surface area contributed by atoms with Gasteiger partial charge in [-0.2, -0.15) is 5.26 Å². The summed E-state index contributed by atoms with van der Waals surface area (Å²) in [5, 5.41) is 12.4. The third-order valence-electron chi connectivity index (χ3n) is 5.51. The molecule has 0 aliphatic heterocycles. The van der Waals surface area contributed by atoms with E-state index < -0.39 is 0 Å². The fourth-order valence-electron chi connectivity index (χ4n) is 4.12. The van der Waals surface area contributed by atoms with Crippen LogP contribution in [0.2, 0.25) is 0 Å². The number of carbonyl (C=O) groups is 1. The summed E-state index contributed by atoms with van der Waals surface area (Å²) in [6.07, 6.45) is 6.67. The second kappa shape index (κ2) is 7.84. The van der Waals surface area contributed by atoms with E-state index in [9.17, 15) is 10.1 Å². The predicted molar refractivity (Wildman–Crippen MR) is 110 cm³/mol. The summed E-state index contributed by atoms with van der Waals surface area (Å²) in [4.78, 5) is 12.6. The number of benzene rings is 1. The second-order valence-corrected chi connectivity index (χ2v) is 7.58. The third kappa shape index (κ3) is 3.98. The van der Waals surface area contributed by atoms with Gasteiger partial charge < -0.3 is 9.88 Å². The number of hydrogen-bond donors (Lipinski definition) is 1. The Morgan fingerprint density at radius 2 is 1.89 bits per heavy atom. The lowest BCUT2D eigenvalue weighted by atomic mass is 10.1. The van der Waals surface area contributed by atoms with Crippen LogP contribution in [-0.4, -0.2) is 10.5 Å². The van der Waals surface area contributed by atoms with Gasteiger partial charge in [0.05, 0.1) is 0 Å². The van der Waals surface area contributed by atoms with Gasteiger partial charge in [-0.1, -0.05) is 30.5 Å². The predicted octanol–water partition coefficient (Wildman–Crippen LogP) is 5.38. The van der Waals surface area contributed by atoms with Gasteiger partial charge in [0.2, 0.25) is 0 Å². The molecular formula is C23H27N3O. The number of nitrogens with zero attached hydrogens (tertiary/aromatic N) is 2. The van der Waals surface area contributed by atoms with Crippen molar-refractivity contribution in [2.45, 2.75) is 59.4 Å². The first-order valence-corrected chi connectivity index (χ1v) is 9.59. The highest BCUT2D eigenvalue weighted by molar-refractivity contribution is 6.10. The SMILES string of the molecule is Cc1ccc(NC(=O)/C(C#N)=C\c2cc(C)n(C3CCCC3)c2C)c(C)c1. The standard InChI is InChI=1S/C23H27N3O/c1-15-9-10-22(16(2)11-15)25-23(27)20(14-24)13-19-12-17(3)26(18(19)4)21-7-5-6-8-21/h9-13,21H,5-8H2,1-4H3,(H,25,27)/b20-13-. The Hall–Kier alpha value is -2.80. The molecule has 2 aromatic rings. The summed E-state index contributed by atoms with van der Waals surface area (Å²) in [7, 11) is 0. The Morgan fingerprint density at radius 1 is 1.19 bits per heavy atom. The summed E-state index contributed by atoms with van der Waals surface area (Å²) in [5.74, 6) is -0.366. The van der Waals surface area contributed by atoms with Crippen LogP contribution in [0.4, 0.5) is 5.69 Å². The highest BCUT2D eigenvalue weighted by Crippen LogP contribution is 2.33. The molecule has 0 spiro atoms. The van der Waals surface area contributed by atoms with Crippen LogP contribution in [-0.2, 0) is 4.79 Å². The lowest BCUT2D eigenvalue weighted by Gasteiger charge is -2.17. The molecule has 0 radical (unpaired) electrons. The van der Waals surface area contributed by atoms with Crippen LogP contribution in [0.1, 0.15) is 59.8 Å². The molecule has 140 valence electrons. The Labute approximate surface area is 161 Å². The number of anilines is 1. The minimum absolute atomic E-state index is 0.127. The van der Waals surface area contributed by atoms with Gasteiger partial charge >= 0.3 is 0 Å². The van der Waals surface area contributed by atoms with Crippen molar-refractivity contribution in [1.29, 1.82) is 5.26 Å². The number of nitriles is 1. The quantitative estimate of drug-likeness (QED) is 0.587. The summed E-state index contributed by atoms with van der Waals surface area (Å²) in [6, 6.07) is 10.5. The zero-order valence-corrected chi connectivity index (χ0v) is 16.6. The first kappa shape index (κ1) is 19.0. The molecule has 0 unspecified atom stereocenters. The Balaban J connectivity index is 1.87. The van der Waals surface area contributed by atoms with Crippen LogP contribution in [0.15, 0.2) is 29.8 Å². The largest absolute Gasteiger partial charge is 0.346 e. The number of rotatable bonds is 4. The van der Waals surface area contributed by atoms with Crippen LogP contribution in [0.5, 0.6) is 0 Å². The lowest BCUT2D eigenvalue weighted by molar-refractivity contribution is -0.112. The molecular weight excluding hydrogens is 334 g/mol. The maximum Gasteiger partial charge on any atom is 0.266 e. The van der Waals surface area contributed by atoms with Crippen LogP contribution in [0.25, 0.3) is 6.08 Å². The molecule has 1 aromatic carbocycles. The first-order chi connectivity index (χ1) is 12.9. The molecule has 1 N–H and O–H groups in total. The summed E-state index contributed by atoms with van der Waals surface area (Å²) < 4.78 is 2.37. The fourth-order valence-corrected chi connectivity index (χ4v) is 4.12. The van der Waals surface area contributed by atoms with Crippen molar-refractivity contribution in [3.05, 3.63) is 57.9 Å². The van der Waals surface area contributed by atoms with Crippen molar-refractivity contribution in [1.82, 2.24) is 4.57 Å². The van der Waals surface area contributed by atoms with Crippen molar-refractivity contribution in [3.63, 3.8) is 0 Å². The van der Waals surface area contributed by atoms with E-state index in [4.69, 9.17) is 0 Å². The van der Waals surface area contributed by atoms with E-state index in [0.717, 1.165) is 28.1 Å². The molecule has 1 aliphatic carbocycles. The summed E-state index contributed by atoms with van der Waals surface area (Å²) in [6.45, 7) is 8.14. The van der Waals surface area contributed by atoms with Crippen molar-refractivity contribution in [3.8, 4) is 6.07 Å². The monoisotopic (exact) mass is 361 g/mol. The molecule has 1 heterocycles. The average molecular weight is 361 g/mol. The van der Waals surface area contributed by atoms with Crippen LogP contribution in [0.3, 0.4) is 0 Å². The second-order valence-electron chi connectivity index (χ2n) is 7.58. The molecule has 0 atom stereocenters. The molecule has 0 saturated heterocycles. The molecule has 3 rings (SSSR count). The molecule has 4 nitrogen and oxygen atoms in total. The van der Waals surface area contributed by atoms with E-state index in [2.05, 4.69) is 35.9 Å². The average Bonchev–Trinajstić information content (AvgIpc) is 3.23. The first-order valence-electron chi connectivity index (χ1n) is 9.59. The van der Waals surface area contributed by atoms with E-state index in [0.29, 0.717) is 6.04 Å². The Kier molecular flexibility index (Phi) is 5.51. The highest BCUT2D eigenvalue weighted by atomic mass is 16.1. The van der Waals surface area contributed by atoms with E-state index in [1.807, 2.05) is 32.0 Å². The minimum atomic E-state index is -0.366. The number of aromatic nitrogens is 1. The molecule has 27 heavy (non-hydrogen) atoms. The van der Waals surface area contributed by atoms with Gasteiger partial charge in [0.25, 0.3) is 5.91 Å². The van der Waals surface area contributed by atoms with E-state index >= 15 is 0 Å². The smallest absolute Gasteiger partial charge is 0.266 e. The molecule has 4 heteroatoms. The van der Waals surface area contributed by atoms with Crippen LogP contribution in [0, 0.1) is 39.0 Å². The number of nitrogens with one attached hydrogen (secondary N) is 1. The van der Waals surface area contributed by atoms with E-state index in [1.54, 1.807) is 6.08 Å². The van der Waals surface area contributed by atoms with Crippen molar-refractivity contribution in [2.75, 3.05) is 5.32 Å². The van der Waals surface area contributed by atoms with Gasteiger partial charge in [-0.3, -0.25) is 4.79 Å². The zero-order valence-electron chi connectivity index (χ0n) is 16.6. The molecule has 0 bridgehead atoms.